The highest BCUT2D eigenvalue weighted by Crippen LogP contribution is 2.38. The fourth-order valence-corrected chi connectivity index (χ4v) is 3.21. The second kappa shape index (κ2) is 9.79. The van der Waals surface area contributed by atoms with Gasteiger partial charge in [-0.2, -0.15) is 5.26 Å². The van der Waals surface area contributed by atoms with E-state index in [9.17, 15) is 15.4 Å². The van der Waals surface area contributed by atoms with Crippen molar-refractivity contribution in [1.29, 1.82) is 5.26 Å². The number of allylic oxidation sites excluding steroid dienone is 1. The zero-order valence-electron chi connectivity index (χ0n) is 17.0. The number of nitro benzene ring substituents is 1. The number of ether oxygens (including phenoxy) is 2. The van der Waals surface area contributed by atoms with Crippen LogP contribution in [0.3, 0.4) is 0 Å². The Morgan fingerprint density at radius 3 is 2.58 bits per heavy atom. The van der Waals surface area contributed by atoms with Gasteiger partial charge < -0.3 is 9.47 Å². The predicted molar refractivity (Wildman–Crippen MR) is 120 cm³/mol. The lowest BCUT2D eigenvalue weighted by Gasteiger charge is -2.14. The highest BCUT2D eigenvalue weighted by atomic mass is 35.5. The highest BCUT2D eigenvalue weighted by molar-refractivity contribution is 6.32. The SMILES string of the molecule is COc1cc(C=C(C#N)c2cccc([N+](=O)[O-])c2)cc(Cl)c1OCc1ccc(C)cc1. The number of aryl methyl sites for hydroxylation is 1. The lowest BCUT2D eigenvalue weighted by Crippen LogP contribution is -1.99. The van der Waals surface area contributed by atoms with Gasteiger partial charge in [-0.15, -0.1) is 0 Å². The zero-order valence-corrected chi connectivity index (χ0v) is 17.7. The van der Waals surface area contributed by atoms with Crippen molar-refractivity contribution in [2.45, 2.75) is 13.5 Å². The molecule has 3 rings (SSSR count). The van der Waals surface area contributed by atoms with E-state index in [1.807, 2.05) is 31.2 Å². The van der Waals surface area contributed by atoms with Gasteiger partial charge in [-0.1, -0.05) is 53.6 Å². The number of rotatable bonds is 7. The van der Waals surface area contributed by atoms with E-state index < -0.39 is 4.92 Å². The standard InChI is InChI=1S/C24H19ClN2O4/c1-16-6-8-17(9-7-16)15-31-24-22(25)11-18(12-23(24)30-2)10-20(14-26)19-4-3-5-21(13-19)27(28)29/h3-13H,15H2,1-2H3. The molecule has 0 saturated carbocycles. The van der Waals surface area contributed by atoms with Crippen molar-refractivity contribution >= 4 is 28.9 Å². The number of halogens is 1. The van der Waals surface area contributed by atoms with Gasteiger partial charge in [0.25, 0.3) is 5.69 Å². The van der Waals surface area contributed by atoms with Crippen LogP contribution in [-0.2, 0) is 6.61 Å². The lowest BCUT2D eigenvalue weighted by molar-refractivity contribution is -0.384. The topological polar surface area (TPSA) is 85.4 Å². The maximum Gasteiger partial charge on any atom is 0.270 e. The summed E-state index contributed by atoms with van der Waals surface area (Å²) in [5.41, 5.74) is 3.36. The quantitative estimate of drug-likeness (QED) is 0.191. The molecule has 0 aliphatic rings. The van der Waals surface area contributed by atoms with Crippen LogP contribution in [0.1, 0.15) is 22.3 Å². The van der Waals surface area contributed by atoms with Crippen LogP contribution >= 0.6 is 11.6 Å². The Labute approximate surface area is 185 Å². The molecule has 0 aromatic heterocycles. The molecule has 0 heterocycles. The third-order valence-corrected chi connectivity index (χ3v) is 4.84. The molecule has 0 atom stereocenters. The second-order valence-corrected chi connectivity index (χ2v) is 7.19. The van der Waals surface area contributed by atoms with Crippen molar-refractivity contribution in [3.05, 3.63) is 98.1 Å². The summed E-state index contributed by atoms with van der Waals surface area (Å²) in [4.78, 5) is 10.5. The number of benzene rings is 3. The summed E-state index contributed by atoms with van der Waals surface area (Å²) in [5.74, 6) is 0.818. The number of methoxy groups -OCH3 is 1. The summed E-state index contributed by atoms with van der Waals surface area (Å²) in [6.07, 6.45) is 1.59. The monoisotopic (exact) mass is 434 g/mol. The number of non-ortho nitro benzene ring substituents is 1. The number of nitriles is 1. The summed E-state index contributed by atoms with van der Waals surface area (Å²) in [7, 11) is 1.50. The van der Waals surface area contributed by atoms with Gasteiger partial charge >= 0.3 is 0 Å². The minimum Gasteiger partial charge on any atom is -0.493 e. The maximum absolute atomic E-state index is 11.0. The molecule has 3 aromatic rings. The Hall–Kier alpha value is -3.82. The summed E-state index contributed by atoms with van der Waals surface area (Å²) in [6, 6.07) is 19.3. The third kappa shape index (κ3) is 5.41. The largest absolute Gasteiger partial charge is 0.493 e. The molecule has 0 bridgehead atoms. The van der Waals surface area contributed by atoms with Crippen molar-refractivity contribution in [3.8, 4) is 17.6 Å². The van der Waals surface area contributed by atoms with Gasteiger partial charge in [0, 0.05) is 12.1 Å². The third-order valence-electron chi connectivity index (χ3n) is 4.55. The van der Waals surface area contributed by atoms with Crippen LogP contribution in [0.25, 0.3) is 11.6 Å². The number of hydrogen-bond donors (Lipinski definition) is 0. The molecule has 31 heavy (non-hydrogen) atoms. The average Bonchev–Trinajstić information content (AvgIpc) is 2.77. The van der Waals surface area contributed by atoms with Gasteiger partial charge in [0.2, 0.25) is 0 Å². The minimum atomic E-state index is -0.501. The van der Waals surface area contributed by atoms with E-state index in [1.54, 1.807) is 24.3 Å². The Bertz CT molecular complexity index is 1180. The summed E-state index contributed by atoms with van der Waals surface area (Å²) in [6.45, 7) is 2.34. The van der Waals surface area contributed by atoms with Gasteiger partial charge in [0.15, 0.2) is 11.5 Å². The summed E-state index contributed by atoms with van der Waals surface area (Å²) < 4.78 is 11.3. The highest BCUT2D eigenvalue weighted by Gasteiger charge is 2.14. The molecule has 0 spiro atoms. The van der Waals surface area contributed by atoms with Crippen LogP contribution in [-0.4, -0.2) is 12.0 Å². The Morgan fingerprint density at radius 1 is 1.19 bits per heavy atom. The van der Waals surface area contributed by atoms with Gasteiger partial charge in [-0.3, -0.25) is 10.1 Å². The number of nitro groups is 1. The van der Waals surface area contributed by atoms with E-state index in [1.165, 1.54) is 25.3 Å². The van der Waals surface area contributed by atoms with Crippen LogP contribution in [0.5, 0.6) is 11.5 Å². The van der Waals surface area contributed by atoms with Gasteiger partial charge in [0.05, 0.1) is 28.7 Å². The number of nitrogens with zero attached hydrogens (tertiary/aromatic N) is 2. The van der Waals surface area contributed by atoms with Crippen molar-refractivity contribution in [1.82, 2.24) is 0 Å². The van der Waals surface area contributed by atoms with Crippen molar-refractivity contribution < 1.29 is 14.4 Å². The zero-order chi connectivity index (χ0) is 22.4. The number of hydrogen-bond acceptors (Lipinski definition) is 5. The first-order valence-corrected chi connectivity index (χ1v) is 9.71. The van der Waals surface area contributed by atoms with Crippen LogP contribution in [0.4, 0.5) is 5.69 Å². The summed E-state index contributed by atoms with van der Waals surface area (Å²) >= 11 is 6.44. The first-order valence-electron chi connectivity index (χ1n) is 9.33. The van der Waals surface area contributed by atoms with Crippen molar-refractivity contribution in [2.75, 3.05) is 7.11 Å². The van der Waals surface area contributed by atoms with Gasteiger partial charge in [-0.25, -0.2) is 0 Å². The fraction of sp³-hybridized carbons (Fsp3) is 0.125. The second-order valence-electron chi connectivity index (χ2n) is 6.79. The van der Waals surface area contributed by atoms with E-state index in [0.717, 1.165) is 11.1 Å². The van der Waals surface area contributed by atoms with Crippen LogP contribution in [0.15, 0.2) is 60.7 Å². The molecule has 0 N–H and O–H groups in total. The van der Waals surface area contributed by atoms with Crippen molar-refractivity contribution in [3.63, 3.8) is 0 Å². The van der Waals surface area contributed by atoms with Crippen LogP contribution < -0.4 is 9.47 Å². The maximum atomic E-state index is 11.0. The molecule has 0 saturated heterocycles. The average molecular weight is 435 g/mol. The van der Waals surface area contributed by atoms with E-state index >= 15 is 0 Å². The van der Waals surface area contributed by atoms with E-state index in [0.29, 0.717) is 34.3 Å². The fourth-order valence-electron chi connectivity index (χ4n) is 2.94. The Balaban J connectivity index is 1.90. The molecule has 7 heteroatoms. The molecule has 3 aromatic carbocycles. The normalized spacial score (nSPS) is 11.0. The molecule has 0 aliphatic carbocycles. The molecular formula is C24H19ClN2O4. The Morgan fingerprint density at radius 2 is 1.94 bits per heavy atom. The Kier molecular flexibility index (Phi) is 6.91. The molecule has 6 nitrogen and oxygen atoms in total. The van der Waals surface area contributed by atoms with E-state index in [2.05, 4.69) is 6.07 Å². The van der Waals surface area contributed by atoms with Gasteiger partial charge in [0.1, 0.15) is 6.61 Å². The van der Waals surface area contributed by atoms with Gasteiger partial charge in [-0.05, 0) is 41.8 Å². The molecule has 156 valence electrons. The predicted octanol–water partition coefficient (Wildman–Crippen LogP) is 6.21. The molecule has 0 fully saturated rings. The first kappa shape index (κ1) is 21.9. The van der Waals surface area contributed by atoms with E-state index in [4.69, 9.17) is 21.1 Å². The summed E-state index contributed by atoms with van der Waals surface area (Å²) in [5, 5.41) is 20.9. The molecule has 0 aliphatic heterocycles. The lowest BCUT2D eigenvalue weighted by atomic mass is 10.0. The van der Waals surface area contributed by atoms with Crippen molar-refractivity contribution in [2.24, 2.45) is 0 Å². The molecule has 0 amide bonds. The van der Waals surface area contributed by atoms with Crippen LogP contribution in [0.2, 0.25) is 5.02 Å². The first-order chi connectivity index (χ1) is 14.9. The smallest absolute Gasteiger partial charge is 0.270 e. The molecular weight excluding hydrogens is 416 g/mol. The molecule has 0 radical (unpaired) electrons. The van der Waals surface area contributed by atoms with Crippen LogP contribution in [0, 0.1) is 28.4 Å². The van der Waals surface area contributed by atoms with E-state index in [-0.39, 0.29) is 11.3 Å². The minimum absolute atomic E-state index is 0.0888. The molecule has 0 unspecified atom stereocenters.